The standard InChI is InChI=1S/C26H31F3N2O2/c1-18(26(27,28)29)19-5-7-20(8-6-19)24(33)31(21-9-10-21)22-11-13-25(14-12-22,15-17-32)23-4-2-3-16-30-23/h2-8,16,18,21-22,32H,9-15,17H2,1H3/t18-,22?,25?/m1/s1. The molecule has 0 unspecified atom stereocenters. The number of carbonyl (C=O) groups excluding carboxylic acids is 1. The van der Waals surface area contributed by atoms with Gasteiger partial charge in [0.05, 0.1) is 5.92 Å². The van der Waals surface area contributed by atoms with Crippen molar-refractivity contribution in [3.8, 4) is 0 Å². The number of alkyl halides is 3. The van der Waals surface area contributed by atoms with Crippen molar-refractivity contribution in [3.63, 3.8) is 0 Å². The summed E-state index contributed by atoms with van der Waals surface area (Å²) in [6.45, 7) is 1.23. The van der Waals surface area contributed by atoms with Gasteiger partial charge in [0.1, 0.15) is 0 Å². The average molecular weight is 461 g/mol. The lowest BCUT2D eigenvalue weighted by molar-refractivity contribution is -0.146. The molecule has 0 spiro atoms. The van der Waals surface area contributed by atoms with E-state index >= 15 is 0 Å². The number of pyridine rings is 1. The van der Waals surface area contributed by atoms with Crippen LogP contribution in [0.5, 0.6) is 0 Å². The Balaban J connectivity index is 1.49. The second-order valence-corrected chi connectivity index (χ2v) is 9.53. The third kappa shape index (κ3) is 5.08. The van der Waals surface area contributed by atoms with E-state index < -0.39 is 12.1 Å². The lowest BCUT2D eigenvalue weighted by atomic mass is 9.68. The molecule has 2 aliphatic rings. The zero-order valence-corrected chi connectivity index (χ0v) is 18.9. The quantitative estimate of drug-likeness (QED) is 0.584. The first-order valence-corrected chi connectivity index (χ1v) is 11.8. The largest absolute Gasteiger partial charge is 0.396 e. The summed E-state index contributed by atoms with van der Waals surface area (Å²) in [5.41, 5.74) is 1.42. The molecule has 33 heavy (non-hydrogen) atoms. The van der Waals surface area contributed by atoms with Gasteiger partial charge < -0.3 is 10.0 Å². The van der Waals surface area contributed by atoms with Crippen LogP contribution in [0.15, 0.2) is 48.7 Å². The summed E-state index contributed by atoms with van der Waals surface area (Å²) < 4.78 is 39.1. The molecule has 0 radical (unpaired) electrons. The molecule has 1 heterocycles. The SMILES string of the molecule is C[C@H](c1ccc(C(=O)N(C2CC2)C2CCC(CCO)(c3ccccn3)CC2)cc1)C(F)(F)F. The Morgan fingerprint density at radius 2 is 1.73 bits per heavy atom. The fraction of sp³-hybridized carbons (Fsp3) is 0.538. The van der Waals surface area contributed by atoms with E-state index in [0.29, 0.717) is 12.0 Å². The number of aliphatic hydroxyl groups excluding tert-OH is 1. The summed E-state index contributed by atoms with van der Waals surface area (Å²) in [5, 5.41) is 9.70. The van der Waals surface area contributed by atoms with Gasteiger partial charge >= 0.3 is 6.18 Å². The van der Waals surface area contributed by atoms with Gasteiger partial charge in [0.15, 0.2) is 0 Å². The molecular weight excluding hydrogens is 429 g/mol. The Kier molecular flexibility index (Phi) is 6.80. The highest BCUT2D eigenvalue weighted by Crippen LogP contribution is 2.44. The van der Waals surface area contributed by atoms with Crippen LogP contribution in [0, 0.1) is 0 Å². The summed E-state index contributed by atoms with van der Waals surface area (Å²) in [5.74, 6) is -1.66. The molecule has 0 aliphatic heterocycles. The number of nitrogens with zero attached hydrogens (tertiary/aromatic N) is 2. The van der Waals surface area contributed by atoms with E-state index in [2.05, 4.69) is 4.98 Å². The maximum absolute atomic E-state index is 13.4. The molecule has 7 heteroatoms. The number of rotatable bonds is 7. The highest BCUT2D eigenvalue weighted by Gasteiger charge is 2.44. The predicted molar refractivity (Wildman–Crippen MR) is 120 cm³/mol. The Labute approximate surface area is 192 Å². The first-order chi connectivity index (χ1) is 15.7. The third-order valence-electron chi connectivity index (χ3n) is 7.43. The molecule has 1 amide bonds. The second kappa shape index (κ2) is 9.45. The van der Waals surface area contributed by atoms with Gasteiger partial charge in [-0.15, -0.1) is 0 Å². The van der Waals surface area contributed by atoms with Crippen LogP contribution < -0.4 is 0 Å². The number of aliphatic hydroxyl groups is 1. The van der Waals surface area contributed by atoms with Crippen molar-refractivity contribution >= 4 is 5.91 Å². The summed E-state index contributed by atoms with van der Waals surface area (Å²) >= 11 is 0. The number of benzene rings is 1. The molecular formula is C26H31F3N2O2. The third-order valence-corrected chi connectivity index (χ3v) is 7.43. The molecule has 4 nitrogen and oxygen atoms in total. The minimum atomic E-state index is -4.30. The van der Waals surface area contributed by atoms with Gasteiger partial charge in [0, 0.05) is 41.6 Å². The van der Waals surface area contributed by atoms with Gasteiger partial charge in [-0.25, -0.2) is 0 Å². The molecule has 2 aliphatic carbocycles. The van der Waals surface area contributed by atoms with Gasteiger partial charge in [-0.1, -0.05) is 18.2 Å². The van der Waals surface area contributed by atoms with Gasteiger partial charge in [-0.2, -0.15) is 13.2 Å². The van der Waals surface area contributed by atoms with Crippen LogP contribution in [-0.4, -0.2) is 45.8 Å². The zero-order valence-electron chi connectivity index (χ0n) is 18.9. The number of carbonyl (C=O) groups is 1. The number of hydrogen-bond acceptors (Lipinski definition) is 3. The van der Waals surface area contributed by atoms with Crippen LogP contribution in [0.3, 0.4) is 0 Å². The summed E-state index contributed by atoms with van der Waals surface area (Å²) in [6, 6.07) is 12.1. The van der Waals surface area contributed by atoms with Gasteiger partial charge in [-0.05, 0) is 81.7 Å². The maximum Gasteiger partial charge on any atom is 0.395 e. The van der Waals surface area contributed by atoms with Crippen molar-refractivity contribution in [3.05, 3.63) is 65.5 Å². The summed E-state index contributed by atoms with van der Waals surface area (Å²) in [4.78, 5) is 19.9. The highest BCUT2D eigenvalue weighted by atomic mass is 19.4. The van der Waals surface area contributed by atoms with E-state index in [1.54, 1.807) is 6.20 Å². The van der Waals surface area contributed by atoms with Crippen molar-refractivity contribution < 1.29 is 23.1 Å². The van der Waals surface area contributed by atoms with E-state index in [9.17, 15) is 23.1 Å². The highest BCUT2D eigenvalue weighted by molar-refractivity contribution is 5.95. The predicted octanol–water partition coefficient (Wildman–Crippen LogP) is 5.62. The van der Waals surface area contributed by atoms with Crippen molar-refractivity contribution in [2.75, 3.05) is 6.61 Å². The maximum atomic E-state index is 13.4. The minimum Gasteiger partial charge on any atom is -0.396 e. The topological polar surface area (TPSA) is 53.4 Å². The smallest absolute Gasteiger partial charge is 0.395 e. The summed E-state index contributed by atoms with van der Waals surface area (Å²) in [6.07, 6.45) is 3.38. The molecule has 178 valence electrons. The monoisotopic (exact) mass is 460 g/mol. The van der Waals surface area contributed by atoms with Crippen LogP contribution in [0.2, 0.25) is 0 Å². The average Bonchev–Trinajstić information content (AvgIpc) is 3.65. The molecule has 2 saturated carbocycles. The number of aromatic nitrogens is 1. The van der Waals surface area contributed by atoms with Crippen LogP contribution in [0.1, 0.15) is 79.4 Å². The van der Waals surface area contributed by atoms with Gasteiger partial charge in [-0.3, -0.25) is 9.78 Å². The molecule has 4 rings (SSSR count). The molecule has 1 atom stereocenters. The van der Waals surface area contributed by atoms with Crippen LogP contribution in [0.4, 0.5) is 13.2 Å². The normalized spacial score (nSPS) is 24.3. The first kappa shape index (κ1) is 23.7. The fourth-order valence-electron chi connectivity index (χ4n) is 5.19. The van der Waals surface area contributed by atoms with Crippen molar-refractivity contribution in [2.24, 2.45) is 0 Å². The van der Waals surface area contributed by atoms with Crippen LogP contribution >= 0.6 is 0 Å². The van der Waals surface area contributed by atoms with E-state index in [0.717, 1.165) is 51.1 Å². The van der Waals surface area contributed by atoms with Gasteiger partial charge in [0.25, 0.3) is 5.91 Å². The Morgan fingerprint density at radius 3 is 2.24 bits per heavy atom. The van der Waals surface area contributed by atoms with Crippen molar-refractivity contribution in [1.82, 2.24) is 9.88 Å². The number of amides is 1. The number of hydrogen-bond donors (Lipinski definition) is 1. The fourth-order valence-corrected chi connectivity index (χ4v) is 5.19. The van der Waals surface area contributed by atoms with E-state index in [4.69, 9.17) is 0 Å². The molecule has 2 fully saturated rings. The Morgan fingerprint density at radius 1 is 1.09 bits per heavy atom. The first-order valence-electron chi connectivity index (χ1n) is 11.8. The summed E-state index contributed by atoms with van der Waals surface area (Å²) in [7, 11) is 0. The van der Waals surface area contributed by atoms with E-state index in [1.807, 2.05) is 23.1 Å². The molecule has 1 aromatic carbocycles. The van der Waals surface area contributed by atoms with Crippen molar-refractivity contribution in [1.29, 1.82) is 0 Å². The van der Waals surface area contributed by atoms with E-state index in [-0.39, 0.29) is 35.6 Å². The Hall–Kier alpha value is -2.41. The lowest BCUT2D eigenvalue weighted by Crippen LogP contribution is -2.47. The number of halogens is 3. The Bertz CT molecular complexity index is 934. The molecule has 2 aromatic rings. The second-order valence-electron chi connectivity index (χ2n) is 9.53. The molecule has 1 aromatic heterocycles. The molecule has 1 N–H and O–H groups in total. The molecule has 0 saturated heterocycles. The zero-order chi connectivity index (χ0) is 23.6. The van der Waals surface area contributed by atoms with Crippen LogP contribution in [-0.2, 0) is 5.41 Å². The van der Waals surface area contributed by atoms with Crippen molar-refractivity contribution in [2.45, 2.75) is 81.5 Å². The van der Waals surface area contributed by atoms with E-state index in [1.165, 1.54) is 24.3 Å². The lowest BCUT2D eigenvalue weighted by Gasteiger charge is -2.43. The van der Waals surface area contributed by atoms with Crippen LogP contribution in [0.25, 0.3) is 0 Å². The van der Waals surface area contributed by atoms with Gasteiger partial charge in [0.2, 0.25) is 0 Å². The molecule has 0 bridgehead atoms. The minimum absolute atomic E-state index is 0.0919.